The molecule has 1 atom stereocenters. The molecule has 0 bridgehead atoms. The molecule has 7 nitrogen and oxygen atoms in total. The van der Waals surface area contributed by atoms with Crippen LogP contribution in [-0.4, -0.2) is 43.2 Å². The van der Waals surface area contributed by atoms with Crippen LogP contribution < -0.4 is 15.4 Å². The van der Waals surface area contributed by atoms with Crippen LogP contribution in [0.3, 0.4) is 0 Å². The molecule has 1 saturated heterocycles. The summed E-state index contributed by atoms with van der Waals surface area (Å²) in [5, 5.41) is 5.65. The van der Waals surface area contributed by atoms with Crippen molar-refractivity contribution in [3.05, 3.63) is 59.4 Å². The van der Waals surface area contributed by atoms with E-state index in [1.54, 1.807) is 7.11 Å². The summed E-state index contributed by atoms with van der Waals surface area (Å²) in [6, 6.07) is 9.00. The van der Waals surface area contributed by atoms with Gasteiger partial charge in [0.15, 0.2) is 0 Å². The maximum Gasteiger partial charge on any atom is 0.253 e. The van der Waals surface area contributed by atoms with Gasteiger partial charge < -0.3 is 20.1 Å². The number of ether oxygens (including phenoxy) is 2. The Bertz CT molecular complexity index is 803. The van der Waals surface area contributed by atoms with Crippen LogP contribution in [0.4, 0.5) is 0 Å². The minimum atomic E-state index is -0.304. The average molecular weight is 369 g/mol. The van der Waals surface area contributed by atoms with Gasteiger partial charge in [0.1, 0.15) is 5.75 Å². The Hall–Kier alpha value is -2.93. The summed E-state index contributed by atoms with van der Waals surface area (Å²) in [6.07, 6.45) is 4.92. The monoisotopic (exact) mass is 369 g/mol. The van der Waals surface area contributed by atoms with E-state index in [0.29, 0.717) is 30.0 Å². The van der Waals surface area contributed by atoms with E-state index in [4.69, 9.17) is 9.47 Å². The van der Waals surface area contributed by atoms with Crippen LogP contribution in [0, 0.1) is 0 Å². The van der Waals surface area contributed by atoms with Crippen LogP contribution in [0.2, 0.25) is 0 Å². The summed E-state index contributed by atoms with van der Waals surface area (Å²) in [4.78, 5) is 28.7. The fourth-order valence-corrected chi connectivity index (χ4v) is 2.93. The van der Waals surface area contributed by atoms with Crippen molar-refractivity contribution < 1.29 is 19.1 Å². The fourth-order valence-electron chi connectivity index (χ4n) is 2.93. The molecule has 2 N–H and O–H groups in total. The second-order valence-corrected chi connectivity index (χ2v) is 6.30. The molecule has 0 aliphatic carbocycles. The molecule has 142 valence electrons. The van der Waals surface area contributed by atoms with Crippen molar-refractivity contribution in [2.45, 2.75) is 25.5 Å². The van der Waals surface area contributed by atoms with E-state index in [0.717, 1.165) is 25.0 Å². The van der Waals surface area contributed by atoms with Crippen molar-refractivity contribution in [2.24, 2.45) is 0 Å². The third-order valence-corrected chi connectivity index (χ3v) is 4.41. The predicted molar refractivity (Wildman–Crippen MR) is 99.7 cm³/mol. The van der Waals surface area contributed by atoms with Gasteiger partial charge in [0.2, 0.25) is 0 Å². The van der Waals surface area contributed by atoms with E-state index in [1.807, 2.05) is 24.3 Å². The molecular weight excluding hydrogens is 346 g/mol. The summed E-state index contributed by atoms with van der Waals surface area (Å²) >= 11 is 0. The zero-order valence-electron chi connectivity index (χ0n) is 15.2. The molecule has 0 saturated carbocycles. The summed E-state index contributed by atoms with van der Waals surface area (Å²) in [6.45, 7) is 1.52. The first kappa shape index (κ1) is 18.8. The standard InChI is InChI=1S/C20H23N3O4/c1-26-18-7-3-2-5-14(18)12-22-19(24)15-9-16(11-21-10-15)20(25)23-13-17-6-4-8-27-17/h2-3,5,7,9-11,17H,4,6,8,12-13H2,1H3,(H,22,24)(H,23,25). The van der Waals surface area contributed by atoms with Crippen molar-refractivity contribution in [3.8, 4) is 5.75 Å². The topological polar surface area (TPSA) is 89.5 Å². The summed E-state index contributed by atoms with van der Waals surface area (Å²) in [7, 11) is 1.59. The van der Waals surface area contributed by atoms with E-state index in [2.05, 4.69) is 15.6 Å². The zero-order chi connectivity index (χ0) is 19.1. The largest absolute Gasteiger partial charge is 0.496 e. The normalized spacial score (nSPS) is 16.0. The number of nitrogens with zero attached hydrogens (tertiary/aromatic N) is 1. The lowest BCUT2D eigenvalue weighted by Crippen LogP contribution is -2.32. The fraction of sp³-hybridized carbons (Fsp3) is 0.350. The van der Waals surface area contributed by atoms with E-state index in [1.165, 1.54) is 18.5 Å². The van der Waals surface area contributed by atoms with Crippen LogP contribution in [0.15, 0.2) is 42.7 Å². The minimum Gasteiger partial charge on any atom is -0.496 e. The molecule has 1 aromatic carbocycles. The lowest BCUT2D eigenvalue weighted by atomic mass is 10.1. The molecule has 0 spiro atoms. The van der Waals surface area contributed by atoms with Gasteiger partial charge in [-0.15, -0.1) is 0 Å². The molecule has 7 heteroatoms. The highest BCUT2D eigenvalue weighted by molar-refractivity contribution is 5.99. The van der Waals surface area contributed by atoms with Gasteiger partial charge in [-0.25, -0.2) is 0 Å². The van der Waals surface area contributed by atoms with Gasteiger partial charge >= 0.3 is 0 Å². The number of rotatable bonds is 7. The van der Waals surface area contributed by atoms with Crippen molar-refractivity contribution in [3.63, 3.8) is 0 Å². The Morgan fingerprint density at radius 1 is 1.19 bits per heavy atom. The molecule has 0 radical (unpaired) electrons. The molecule has 1 fully saturated rings. The third kappa shape index (κ3) is 5.04. The van der Waals surface area contributed by atoms with Crippen LogP contribution >= 0.6 is 0 Å². The number of carbonyl (C=O) groups is 2. The summed E-state index contributed by atoms with van der Waals surface area (Å²) in [5.74, 6) is 0.137. The van der Waals surface area contributed by atoms with Gasteiger partial charge in [-0.2, -0.15) is 0 Å². The average Bonchev–Trinajstić information content (AvgIpc) is 3.24. The van der Waals surface area contributed by atoms with Crippen LogP contribution in [0.5, 0.6) is 5.75 Å². The van der Waals surface area contributed by atoms with Gasteiger partial charge in [-0.3, -0.25) is 14.6 Å². The maximum absolute atomic E-state index is 12.4. The molecule has 2 heterocycles. The number of methoxy groups -OCH3 is 1. The third-order valence-electron chi connectivity index (χ3n) is 4.41. The number of para-hydroxylation sites is 1. The van der Waals surface area contributed by atoms with E-state index in [-0.39, 0.29) is 17.9 Å². The molecule has 3 rings (SSSR count). The van der Waals surface area contributed by atoms with Crippen molar-refractivity contribution in [1.29, 1.82) is 0 Å². The first-order valence-electron chi connectivity index (χ1n) is 8.92. The molecule has 1 aliphatic rings. The maximum atomic E-state index is 12.4. The van der Waals surface area contributed by atoms with Crippen LogP contribution in [-0.2, 0) is 11.3 Å². The Balaban J connectivity index is 1.58. The van der Waals surface area contributed by atoms with Gasteiger partial charge in [0.05, 0.1) is 24.3 Å². The predicted octanol–water partition coefficient (Wildman–Crippen LogP) is 1.93. The second-order valence-electron chi connectivity index (χ2n) is 6.30. The highest BCUT2D eigenvalue weighted by Crippen LogP contribution is 2.17. The molecule has 1 aromatic heterocycles. The van der Waals surface area contributed by atoms with E-state index >= 15 is 0 Å². The Morgan fingerprint density at radius 2 is 1.93 bits per heavy atom. The number of benzene rings is 1. The SMILES string of the molecule is COc1ccccc1CNC(=O)c1cncc(C(=O)NCC2CCCO2)c1. The highest BCUT2D eigenvalue weighted by Gasteiger charge is 2.17. The van der Waals surface area contributed by atoms with Crippen molar-refractivity contribution in [2.75, 3.05) is 20.3 Å². The van der Waals surface area contributed by atoms with Gasteiger partial charge in [-0.1, -0.05) is 18.2 Å². The first-order chi connectivity index (χ1) is 13.2. The molecule has 27 heavy (non-hydrogen) atoms. The van der Waals surface area contributed by atoms with Gasteiger partial charge in [0.25, 0.3) is 11.8 Å². The number of hydrogen-bond donors (Lipinski definition) is 2. The van der Waals surface area contributed by atoms with Crippen LogP contribution in [0.1, 0.15) is 39.1 Å². The van der Waals surface area contributed by atoms with Gasteiger partial charge in [-0.05, 0) is 25.0 Å². The highest BCUT2D eigenvalue weighted by atomic mass is 16.5. The Kier molecular flexibility index (Phi) is 6.38. The zero-order valence-corrected chi connectivity index (χ0v) is 15.2. The smallest absolute Gasteiger partial charge is 0.253 e. The number of nitrogens with one attached hydrogen (secondary N) is 2. The van der Waals surface area contributed by atoms with E-state index < -0.39 is 0 Å². The molecule has 1 unspecified atom stereocenters. The molecule has 1 aliphatic heterocycles. The molecule has 2 aromatic rings. The molecule has 2 amide bonds. The Labute approximate surface area is 158 Å². The number of pyridine rings is 1. The second kappa shape index (κ2) is 9.14. The lowest BCUT2D eigenvalue weighted by molar-refractivity contribution is 0.0857. The van der Waals surface area contributed by atoms with Crippen LogP contribution in [0.25, 0.3) is 0 Å². The summed E-state index contributed by atoms with van der Waals surface area (Å²) in [5.41, 5.74) is 1.54. The molecular formula is C20H23N3O4. The van der Waals surface area contributed by atoms with Crippen molar-refractivity contribution in [1.82, 2.24) is 15.6 Å². The Morgan fingerprint density at radius 3 is 2.63 bits per heavy atom. The number of amides is 2. The summed E-state index contributed by atoms with van der Waals surface area (Å²) < 4.78 is 10.8. The number of carbonyl (C=O) groups excluding carboxylic acids is 2. The first-order valence-corrected chi connectivity index (χ1v) is 8.92. The number of aromatic nitrogens is 1. The lowest BCUT2D eigenvalue weighted by Gasteiger charge is -2.11. The van der Waals surface area contributed by atoms with Gasteiger partial charge in [0, 0.05) is 37.7 Å². The van der Waals surface area contributed by atoms with Crippen molar-refractivity contribution >= 4 is 11.8 Å². The quantitative estimate of drug-likeness (QED) is 0.778. The minimum absolute atomic E-state index is 0.0641. The number of hydrogen-bond acceptors (Lipinski definition) is 5. The van der Waals surface area contributed by atoms with E-state index in [9.17, 15) is 9.59 Å².